The maximum atomic E-state index is 12.9. The van der Waals surface area contributed by atoms with Gasteiger partial charge >= 0.3 is 0 Å². The van der Waals surface area contributed by atoms with Crippen molar-refractivity contribution in [2.75, 3.05) is 31.5 Å². The van der Waals surface area contributed by atoms with E-state index in [1.165, 1.54) is 5.56 Å². The minimum atomic E-state index is -3.46. The van der Waals surface area contributed by atoms with Crippen LogP contribution in [0.3, 0.4) is 0 Å². The van der Waals surface area contributed by atoms with Crippen LogP contribution in [-0.2, 0) is 23.0 Å². The highest BCUT2D eigenvalue weighted by molar-refractivity contribution is 7.89. The molecule has 0 bridgehead atoms. The standard InChI is InChI=1S/C27H31N3O3S/c1-3-22-8-12-25(13-9-22)28-27(31)24-10-6-23(7-11-24)20-29-16-18-30(19-17-29)34(32,33)26-14-4-21(2)5-15-26/h4-15H,3,16-20H2,1-2H3,(H,28,31). The Balaban J connectivity index is 1.30. The third-order valence-corrected chi connectivity index (χ3v) is 8.15. The molecular formula is C27H31N3O3S. The van der Waals surface area contributed by atoms with Gasteiger partial charge in [-0.15, -0.1) is 0 Å². The van der Waals surface area contributed by atoms with E-state index in [4.69, 9.17) is 0 Å². The molecule has 0 atom stereocenters. The predicted molar refractivity (Wildman–Crippen MR) is 135 cm³/mol. The number of hydrogen-bond donors (Lipinski definition) is 1. The number of nitrogens with zero attached hydrogens (tertiary/aromatic N) is 2. The molecule has 3 aromatic carbocycles. The van der Waals surface area contributed by atoms with Crippen molar-refractivity contribution in [2.45, 2.75) is 31.7 Å². The van der Waals surface area contributed by atoms with Crippen LogP contribution in [0.5, 0.6) is 0 Å². The molecule has 178 valence electrons. The summed E-state index contributed by atoms with van der Waals surface area (Å²) in [6.45, 7) is 7.03. The highest BCUT2D eigenvalue weighted by Crippen LogP contribution is 2.19. The van der Waals surface area contributed by atoms with E-state index in [9.17, 15) is 13.2 Å². The lowest BCUT2D eigenvalue weighted by Gasteiger charge is -2.34. The molecule has 1 N–H and O–H groups in total. The van der Waals surface area contributed by atoms with E-state index in [0.29, 0.717) is 36.6 Å². The van der Waals surface area contributed by atoms with E-state index >= 15 is 0 Å². The molecule has 1 aliphatic rings. The van der Waals surface area contributed by atoms with Gasteiger partial charge in [0.25, 0.3) is 5.91 Å². The molecule has 3 aromatic rings. The van der Waals surface area contributed by atoms with Crippen molar-refractivity contribution in [3.05, 3.63) is 95.1 Å². The molecule has 4 rings (SSSR count). The smallest absolute Gasteiger partial charge is 0.255 e. The molecule has 1 amide bonds. The van der Waals surface area contributed by atoms with Crippen molar-refractivity contribution < 1.29 is 13.2 Å². The van der Waals surface area contributed by atoms with Gasteiger partial charge in [0.2, 0.25) is 10.0 Å². The molecule has 1 saturated heterocycles. The minimum absolute atomic E-state index is 0.134. The van der Waals surface area contributed by atoms with Gasteiger partial charge in [-0.05, 0) is 60.9 Å². The SMILES string of the molecule is CCc1ccc(NC(=O)c2ccc(CN3CCN(S(=O)(=O)c4ccc(C)cc4)CC3)cc2)cc1. The van der Waals surface area contributed by atoms with Crippen LogP contribution < -0.4 is 5.32 Å². The van der Waals surface area contributed by atoms with Gasteiger partial charge in [-0.25, -0.2) is 8.42 Å². The number of rotatable bonds is 7. The number of sulfonamides is 1. The number of aryl methyl sites for hydroxylation is 2. The number of carbonyl (C=O) groups is 1. The van der Waals surface area contributed by atoms with Crippen molar-refractivity contribution in [3.8, 4) is 0 Å². The van der Waals surface area contributed by atoms with Gasteiger partial charge in [-0.3, -0.25) is 9.69 Å². The van der Waals surface area contributed by atoms with E-state index < -0.39 is 10.0 Å². The first-order chi connectivity index (χ1) is 16.3. The van der Waals surface area contributed by atoms with E-state index in [-0.39, 0.29) is 5.91 Å². The van der Waals surface area contributed by atoms with Crippen LogP contribution in [0.4, 0.5) is 5.69 Å². The van der Waals surface area contributed by atoms with Crippen molar-refractivity contribution >= 4 is 21.6 Å². The first-order valence-corrected chi connectivity index (χ1v) is 13.1. The van der Waals surface area contributed by atoms with Gasteiger partial charge in [0.05, 0.1) is 4.90 Å². The molecule has 1 heterocycles. The zero-order valence-electron chi connectivity index (χ0n) is 19.7. The summed E-state index contributed by atoms with van der Waals surface area (Å²) >= 11 is 0. The fraction of sp³-hybridized carbons (Fsp3) is 0.296. The van der Waals surface area contributed by atoms with Gasteiger partial charge in [-0.2, -0.15) is 4.31 Å². The highest BCUT2D eigenvalue weighted by atomic mass is 32.2. The second-order valence-corrected chi connectivity index (χ2v) is 10.6. The topological polar surface area (TPSA) is 69.7 Å². The lowest BCUT2D eigenvalue weighted by molar-refractivity contribution is 0.102. The monoisotopic (exact) mass is 477 g/mol. The fourth-order valence-corrected chi connectivity index (χ4v) is 5.46. The molecule has 7 heteroatoms. The van der Waals surface area contributed by atoms with Crippen LogP contribution in [0.1, 0.15) is 34.0 Å². The largest absolute Gasteiger partial charge is 0.322 e. The van der Waals surface area contributed by atoms with Crippen LogP contribution >= 0.6 is 0 Å². The molecule has 0 saturated carbocycles. The molecule has 6 nitrogen and oxygen atoms in total. The Hall–Kier alpha value is -3.00. The van der Waals surface area contributed by atoms with Crippen LogP contribution in [0.25, 0.3) is 0 Å². The summed E-state index contributed by atoms with van der Waals surface area (Å²) in [5, 5.41) is 2.93. The number of hydrogen-bond acceptors (Lipinski definition) is 4. The van der Waals surface area contributed by atoms with Crippen LogP contribution in [0.2, 0.25) is 0 Å². The molecule has 0 aromatic heterocycles. The summed E-state index contributed by atoms with van der Waals surface area (Å²) in [7, 11) is -3.46. The molecule has 34 heavy (non-hydrogen) atoms. The average Bonchev–Trinajstić information content (AvgIpc) is 2.85. The van der Waals surface area contributed by atoms with Crippen molar-refractivity contribution in [1.82, 2.24) is 9.21 Å². The number of amides is 1. The quantitative estimate of drug-likeness (QED) is 0.550. The molecule has 0 unspecified atom stereocenters. The molecule has 0 radical (unpaired) electrons. The Bertz CT molecular complexity index is 1210. The minimum Gasteiger partial charge on any atom is -0.322 e. The first kappa shape index (κ1) is 24.1. The van der Waals surface area contributed by atoms with Crippen molar-refractivity contribution in [1.29, 1.82) is 0 Å². The van der Waals surface area contributed by atoms with E-state index in [1.807, 2.05) is 67.6 Å². The third-order valence-electron chi connectivity index (χ3n) is 6.23. The summed E-state index contributed by atoms with van der Waals surface area (Å²) in [4.78, 5) is 15.1. The Labute approximate surface area is 202 Å². The Morgan fingerprint density at radius 1 is 0.824 bits per heavy atom. The molecule has 0 aliphatic carbocycles. The van der Waals surface area contributed by atoms with Gasteiger partial charge in [0.15, 0.2) is 0 Å². The first-order valence-electron chi connectivity index (χ1n) is 11.6. The maximum Gasteiger partial charge on any atom is 0.255 e. The number of anilines is 1. The lowest BCUT2D eigenvalue weighted by Crippen LogP contribution is -2.48. The predicted octanol–water partition coefficient (Wildman–Crippen LogP) is 4.32. The normalized spacial score (nSPS) is 15.2. The number of nitrogens with one attached hydrogen (secondary N) is 1. The van der Waals surface area contributed by atoms with E-state index in [0.717, 1.165) is 29.8 Å². The maximum absolute atomic E-state index is 12.9. The van der Waals surface area contributed by atoms with Gasteiger partial charge in [-0.1, -0.05) is 48.9 Å². The molecular weight excluding hydrogens is 446 g/mol. The molecule has 1 aliphatic heterocycles. The summed E-state index contributed by atoms with van der Waals surface area (Å²) < 4.78 is 27.4. The van der Waals surface area contributed by atoms with E-state index in [2.05, 4.69) is 17.1 Å². The number of carbonyl (C=O) groups excluding carboxylic acids is 1. The highest BCUT2D eigenvalue weighted by Gasteiger charge is 2.28. The van der Waals surface area contributed by atoms with Gasteiger partial charge in [0.1, 0.15) is 0 Å². The lowest BCUT2D eigenvalue weighted by atomic mass is 10.1. The zero-order valence-corrected chi connectivity index (χ0v) is 20.5. The van der Waals surface area contributed by atoms with Crippen LogP contribution in [-0.4, -0.2) is 49.7 Å². The second kappa shape index (κ2) is 10.5. The molecule has 1 fully saturated rings. The Morgan fingerprint density at radius 3 is 2.00 bits per heavy atom. The summed E-state index contributed by atoms with van der Waals surface area (Å²) in [5.41, 5.74) is 4.76. The van der Waals surface area contributed by atoms with E-state index in [1.54, 1.807) is 16.4 Å². The molecule has 0 spiro atoms. The van der Waals surface area contributed by atoms with Crippen LogP contribution in [0, 0.1) is 6.92 Å². The summed E-state index contributed by atoms with van der Waals surface area (Å²) in [6, 6.07) is 22.5. The fourth-order valence-electron chi connectivity index (χ4n) is 4.03. The van der Waals surface area contributed by atoms with Crippen molar-refractivity contribution in [2.24, 2.45) is 0 Å². The summed E-state index contributed by atoms with van der Waals surface area (Å²) in [5.74, 6) is -0.134. The van der Waals surface area contributed by atoms with Crippen molar-refractivity contribution in [3.63, 3.8) is 0 Å². The average molecular weight is 478 g/mol. The van der Waals surface area contributed by atoms with Crippen LogP contribution in [0.15, 0.2) is 77.7 Å². The zero-order chi connectivity index (χ0) is 24.1. The number of benzene rings is 3. The Morgan fingerprint density at radius 2 is 1.41 bits per heavy atom. The van der Waals surface area contributed by atoms with Gasteiger partial charge < -0.3 is 5.32 Å². The second-order valence-electron chi connectivity index (χ2n) is 8.69. The third kappa shape index (κ3) is 5.73. The summed E-state index contributed by atoms with van der Waals surface area (Å²) in [6.07, 6.45) is 0.966. The Kier molecular flexibility index (Phi) is 7.46. The number of piperazine rings is 1. The van der Waals surface area contributed by atoms with Gasteiger partial charge in [0, 0.05) is 44.0 Å².